The van der Waals surface area contributed by atoms with Gasteiger partial charge < -0.3 is 10.7 Å². The van der Waals surface area contributed by atoms with Gasteiger partial charge in [-0.1, -0.05) is 18.1 Å². The largest absolute Gasteiger partial charge is 0.358 e. The molecule has 0 atom stereocenters. The molecule has 2 heteroatoms. The van der Waals surface area contributed by atoms with E-state index in [2.05, 4.69) is 4.98 Å². The molecule has 68 valence electrons. The van der Waals surface area contributed by atoms with Crippen molar-refractivity contribution in [3.8, 4) is 0 Å². The zero-order chi connectivity index (χ0) is 15.2. The molecule has 3 N–H and O–H groups in total. The number of aryl methyl sites for hydroxylation is 1. The van der Waals surface area contributed by atoms with E-state index in [0.717, 1.165) is 0 Å². The number of nitrogens with one attached hydrogen (secondary N) is 1. The van der Waals surface area contributed by atoms with E-state index in [0.29, 0.717) is 5.56 Å². The van der Waals surface area contributed by atoms with Gasteiger partial charge >= 0.3 is 0 Å². The van der Waals surface area contributed by atoms with Crippen molar-refractivity contribution in [2.75, 3.05) is 6.54 Å². The first-order valence-electron chi connectivity index (χ1n) is 7.51. The first kappa shape index (κ1) is 3.46. The first-order chi connectivity index (χ1) is 9.20. The van der Waals surface area contributed by atoms with Crippen LogP contribution < -0.4 is 5.73 Å². The summed E-state index contributed by atoms with van der Waals surface area (Å²) in [5.74, 6) is 0. The van der Waals surface area contributed by atoms with Gasteiger partial charge in [-0.15, -0.1) is 0 Å². The summed E-state index contributed by atoms with van der Waals surface area (Å²) in [6, 6.07) is -1.28. The van der Waals surface area contributed by atoms with Gasteiger partial charge in [0.2, 0.25) is 0 Å². The normalized spacial score (nSPS) is 19.6. The lowest BCUT2D eigenvalue weighted by Crippen LogP contribution is -2.03. The maximum atomic E-state index is 7.93. The SMILES string of the molecule is [2H]c1c([2H])c([2H])c2c(CCN)c(C([2H])([2H])[2H])[nH]c2c1[2H]. The maximum absolute atomic E-state index is 7.93. The zero-order valence-electron chi connectivity index (χ0n) is 14.0. The zero-order valence-corrected chi connectivity index (χ0v) is 6.99. The highest BCUT2D eigenvalue weighted by Crippen LogP contribution is 2.21. The Balaban J connectivity index is 2.96. The Morgan fingerprint density at radius 1 is 1.54 bits per heavy atom. The highest BCUT2D eigenvalue weighted by molar-refractivity contribution is 5.84. The van der Waals surface area contributed by atoms with Crippen LogP contribution in [0.5, 0.6) is 0 Å². The number of aromatic nitrogens is 1. The topological polar surface area (TPSA) is 41.8 Å². The number of hydrogen-bond donors (Lipinski definition) is 2. The van der Waals surface area contributed by atoms with Gasteiger partial charge in [0.1, 0.15) is 0 Å². The summed E-state index contributed by atoms with van der Waals surface area (Å²) in [7, 11) is 0. The fourth-order valence-corrected chi connectivity index (χ4v) is 1.35. The molecule has 0 aliphatic carbocycles. The number of aromatic amines is 1. The number of benzene rings is 1. The smallest absolute Gasteiger partial charge is 0.0645 e. The molecule has 0 aliphatic heterocycles. The lowest BCUT2D eigenvalue weighted by molar-refractivity contribution is 0.963. The van der Waals surface area contributed by atoms with Crippen molar-refractivity contribution in [3.63, 3.8) is 0 Å². The lowest BCUT2D eigenvalue weighted by atomic mass is 10.1. The molecule has 0 fully saturated rings. The van der Waals surface area contributed by atoms with Crippen LogP contribution in [0, 0.1) is 6.85 Å². The third-order valence-corrected chi connectivity index (χ3v) is 1.94. The summed E-state index contributed by atoms with van der Waals surface area (Å²) in [5, 5.41) is 0.215. The maximum Gasteiger partial charge on any atom is 0.0645 e. The Morgan fingerprint density at radius 3 is 3.15 bits per heavy atom. The number of H-pyrrole nitrogens is 1. The van der Waals surface area contributed by atoms with Crippen LogP contribution in [0.1, 0.15) is 20.9 Å². The summed E-state index contributed by atoms with van der Waals surface area (Å²) in [5.41, 5.74) is 5.88. The predicted molar refractivity (Wildman–Crippen MR) is 55.8 cm³/mol. The van der Waals surface area contributed by atoms with E-state index >= 15 is 0 Å². The van der Waals surface area contributed by atoms with E-state index in [1.807, 2.05) is 0 Å². The Bertz CT molecular complexity index is 672. The fourth-order valence-electron chi connectivity index (χ4n) is 1.35. The molecule has 0 unspecified atom stereocenters. The lowest BCUT2D eigenvalue weighted by Gasteiger charge is -1.96. The molecule has 1 aromatic carbocycles. The van der Waals surface area contributed by atoms with Crippen LogP contribution >= 0.6 is 0 Å². The van der Waals surface area contributed by atoms with Crippen LogP contribution in [0.4, 0.5) is 0 Å². The molecule has 1 aromatic heterocycles. The van der Waals surface area contributed by atoms with Gasteiger partial charge in [-0.25, -0.2) is 0 Å². The highest BCUT2D eigenvalue weighted by atomic mass is 14.7. The minimum absolute atomic E-state index is 0.0649. The van der Waals surface area contributed by atoms with E-state index in [1.165, 1.54) is 0 Å². The average Bonchev–Trinajstić information content (AvgIpc) is 2.74. The minimum atomic E-state index is -2.42. The van der Waals surface area contributed by atoms with Crippen molar-refractivity contribution in [2.24, 2.45) is 5.73 Å². The molecular formula is C11H14N2. The monoisotopic (exact) mass is 181 g/mol. The van der Waals surface area contributed by atoms with Gasteiger partial charge in [-0.05, 0) is 31.4 Å². The summed E-state index contributed by atoms with van der Waals surface area (Å²) in [6.45, 7) is -2.23. The molecule has 2 rings (SSSR count). The molecule has 0 saturated carbocycles. The van der Waals surface area contributed by atoms with E-state index < -0.39 is 6.85 Å². The molecule has 0 amide bonds. The van der Waals surface area contributed by atoms with Gasteiger partial charge in [0.15, 0.2) is 0 Å². The number of hydrogen-bond acceptors (Lipinski definition) is 1. The van der Waals surface area contributed by atoms with Gasteiger partial charge in [0.25, 0.3) is 0 Å². The number of para-hydroxylation sites is 1. The van der Waals surface area contributed by atoms with Crippen molar-refractivity contribution in [3.05, 3.63) is 35.4 Å². The van der Waals surface area contributed by atoms with Crippen LogP contribution in [0.25, 0.3) is 10.9 Å². The average molecular weight is 181 g/mol. The molecule has 13 heavy (non-hydrogen) atoms. The Morgan fingerprint density at radius 2 is 2.38 bits per heavy atom. The van der Waals surface area contributed by atoms with Crippen LogP contribution in [0.2, 0.25) is 0 Å². The number of nitrogens with two attached hydrogens (primary N) is 1. The van der Waals surface area contributed by atoms with Crippen molar-refractivity contribution >= 4 is 10.9 Å². The molecule has 0 bridgehead atoms. The molecule has 0 spiro atoms. The van der Waals surface area contributed by atoms with Crippen molar-refractivity contribution < 1.29 is 9.60 Å². The third kappa shape index (κ3) is 1.33. The van der Waals surface area contributed by atoms with Crippen molar-refractivity contribution in [1.82, 2.24) is 4.98 Å². The van der Waals surface area contributed by atoms with Gasteiger partial charge in [-0.3, -0.25) is 0 Å². The van der Waals surface area contributed by atoms with E-state index in [9.17, 15) is 0 Å². The summed E-state index contributed by atoms with van der Waals surface area (Å²) in [6.07, 6.45) is 0.232. The molecule has 0 saturated heterocycles. The van der Waals surface area contributed by atoms with Crippen molar-refractivity contribution in [2.45, 2.75) is 13.3 Å². The third-order valence-electron chi connectivity index (χ3n) is 1.94. The summed E-state index contributed by atoms with van der Waals surface area (Å²) < 4.78 is 53.6. The molecule has 0 radical (unpaired) electrons. The summed E-state index contributed by atoms with van der Waals surface area (Å²) >= 11 is 0. The molecule has 2 nitrogen and oxygen atoms in total. The number of rotatable bonds is 2. The van der Waals surface area contributed by atoms with Crippen LogP contribution in [-0.2, 0) is 6.42 Å². The standard InChI is InChI=1S/C11H14N2/c1-8-9(6-7-12)10-4-2-3-5-11(10)13-8/h2-5,13H,6-7,12H2,1H3/i1D3,2D,3D,4D,5D. The molecular weight excluding hydrogens is 160 g/mol. The van der Waals surface area contributed by atoms with E-state index in [-0.39, 0.29) is 53.7 Å². The second-order valence-electron chi connectivity index (χ2n) is 2.77. The second kappa shape index (κ2) is 3.23. The molecule has 2 aromatic rings. The molecule has 1 heterocycles. The Kier molecular flexibility index (Phi) is 0.859. The molecule has 0 aliphatic rings. The Hall–Kier alpha value is -1.28. The fraction of sp³-hybridized carbons (Fsp3) is 0.273. The quantitative estimate of drug-likeness (QED) is 0.731. The van der Waals surface area contributed by atoms with E-state index in [4.69, 9.17) is 15.3 Å². The van der Waals surface area contributed by atoms with E-state index in [1.54, 1.807) is 0 Å². The highest BCUT2D eigenvalue weighted by Gasteiger charge is 2.05. The minimum Gasteiger partial charge on any atom is -0.358 e. The predicted octanol–water partition coefficient (Wildman–Crippen LogP) is 1.98. The van der Waals surface area contributed by atoms with Gasteiger partial charge in [-0.2, -0.15) is 0 Å². The van der Waals surface area contributed by atoms with Crippen LogP contribution in [0.3, 0.4) is 0 Å². The second-order valence-corrected chi connectivity index (χ2v) is 2.77. The van der Waals surface area contributed by atoms with Crippen molar-refractivity contribution in [1.29, 1.82) is 0 Å². The van der Waals surface area contributed by atoms with Gasteiger partial charge in [0.05, 0.1) is 5.48 Å². The van der Waals surface area contributed by atoms with Gasteiger partial charge in [0, 0.05) is 20.7 Å². The number of fused-ring (bicyclic) bond motifs is 1. The van der Waals surface area contributed by atoms with Crippen LogP contribution in [0.15, 0.2) is 24.2 Å². The van der Waals surface area contributed by atoms with Crippen LogP contribution in [-0.4, -0.2) is 11.5 Å². The Labute approximate surface area is 87.6 Å². The first-order valence-corrected chi connectivity index (χ1v) is 4.01. The summed E-state index contributed by atoms with van der Waals surface area (Å²) in [4.78, 5) is 2.64.